The van der Waals surface area contributed by atoms with Crippen molar-refractivity contribution in [2.75, 3.05) is 19.6 Å². The van der Waals surface area contributed by atoms with E-state index < -0.39 is 0 Å². The minimum atomic E-state index is 0. The van der Waals surface area contributed by atoms with Gasteiger partial charge in [-0.05, 0) is 107 Å². The summed E-state index contributed by atoms with van der Waals surface area (Å²) in [5.41, 5.74) is 4.17. The molecule has 0 aliphatic heterocycles. The molecule has 4 fully saturated rings. The Balaban J connectivity index is 0.000000457. The van der Waals surface area contributed by atoms with Crippen LogP contribution in [0.5, 0.6) is 0 Å². The smallest absolute Gasteiger partial charge is 0.207 e. The van der Waals surface area contributed by atoms with Gasteiger partial charge < -0.3 is 10.6 Å². The minimum Gasteiger partial charge on any atom is -0.356 e. The fraction of sp³-hybridized carbons (Fsp3) is 0.879. The Morgan fingerprint density at radius 1 is 1.05 bits per heavy atom. The summed E-state index contributed by atoms with van der Waals surface area (Å²) < 4.78 is 0. The van der Waals surface area contributed by atoms with E-state index in [0.29, 0.717) is 16.9 Å². The van der Waals surface area contributed by atoms with E-state index in [0.717, 1.165) is 49.7 Å². The quantitative estimate of drug-likeness (QED) is 0.142. The molecule has 2 N–H and O–H groups in total. The fourth-order valence-corrected chi connectivity index (χ4v) is 9.14. The van der Waals surface area contributed by atoms with Crippen LogP contribution in [0.2, 0.25) is 0 Å². The van der Waals surface area contributed by atoms with Crippen molar-refractivity contribution in [2.24, 2.45) is 39.5 Å². The topological polar surface area (TPSA) is 53.5 Å². The number of nitrogens with one attached hydrogen (secondary N) is 2. The van der Waals surface area contributed by atoms with E-state index in [1.54, 1.807) is 5.57 Å². The Bertz CT molecular complexity index is 755. The number of hydrogen-bond acceptors (Lipinski definition) is 3. The van der Waals surface area contributed by atoms with Gasteiger partial charge in [0.15, 0.2) is 0 Å². The second-order valence-electron chi connectivity index (χ2n) is 12.7. The fourth-order valence-electron chi connectivity index (χ4n) is 9.14. The van der Waals surface area contributed by atoms with E-state index in [2.05, 4.69) is 58.3 Å². The summed E-state index contributed by atoms with van der Waals surface area (Å²) in [6.07, 6.45) is 19.4. The molecule has 214 valence electrons. The largest absolute Gasteiger partial charge is 0.356 e. The molecular formula is C33H61N3O. The highest BCUT2D eigenvalue weighted by Gasteiger charge is 2.58. The molecule has 0 aromatic rings. The number of carbonyl (C=O) groups is 1. The first-order valence-electron chi connectivity index (χ1n) is 15.4. The van der Waals surface area contributed by atoms with E-state index >= 15 is 0 Å². The van der Waals surface area contributed by atoms with Crippen molar-refractivity contribution < 1.29 is 4.79 Å². The van der Waals surface area contributed by atoms with Crippen LogP contribution in [0.15, 0.2) is 16.6 Å². The number of rotatable bonds is 9. The van der Waals surface area contributed by atoms with Crippen LogP contribution in [0, 0.1) is 34.5 Å². The van der Waals surface area contributed by atoms with Gasteiger partial charge in [-0.2, -0.15) is 0 Å². The van der Waals surface area contributed by atoms with Crippen LogP contribution in [0.25, 0.3) is 0 Å². The molecular weight excluding hydrogens is 454 g/mol. The second kappa shape index (κ2) is 14.8. The molecule has 4 aliphatic carbocycles. The van der Waals surface area contributed by atoms with Crippen molar-refractivity contribution in [3.05, 3.63) is 11.6 Å². The summed E-state index contributed by atoms with van der Waals surface area (Å²) >= 11 is 0. The van der Waals surface area contributed by atoms with E-state index in [1.807, 2.05) is 0 Å². The zero-order valence-electron chi connectivity index (χ0n) is 24.5. The Morgan fingerprint density at radius 3 is 2.41 bits per heavy atom. The zero-order chi connectivity index (χ0) is 26.2. The molecule has 0 saturated heterocycles. The average molecular weight is 516 g/mol. The molecule has 37 heavy (non-hydrogen) atoms. The Labute approximate surface area is 230 Å². The number of carbonyl (C=O) groups excluding carboxylic acids is 1. The van der Waals surface area contributed by atoms with Crippen molar-refractivity contribution in [2.45, 2.75) is 132 Å². The lowest BCUT2D eigenvalue weighted by Crippen LogP contribution is -2.50. The normalized spacial score (nSPS) is 36.7. The molecule has 0 radical (unpaired) electrons. The summed E-state index contributed by atoms with van der Waals surface area (Å²) in [7, 11) is 0. The van der Waals surface area contributed by atoms with Crippen molar-refractivity contribution in [3.8, 4) is 0 Å². The molecule has 4 saturated carbocycles. The maximum Gasteiger partial charge on any atom is 0.207 e. The summed E-state index contributed by atoms with van der Waals surface area (Å²) in [6, 6.07) is 0.493. The molecule has 6 unspecified atom stereocenters. The highest BCUT2D eigenvalue weighted by Crippen LogP contribution is 2.66. The van der Waals surface area contributed by atoms with Crippen molar-refractivity contribution in [1.82, 2.24) is 10.6 Å². The van der Waals surface area contributed by atoms with Gasteiger partial charge in [0.05, 0.1) is 6.54 Å². The average Bonchev–Trinajstić information content (AvgIpc) is 3.50. The minimum absolute atomic E-state index is 0. The third kappa shape index (κ3) is 7.08. The third-order valence-electron chi connectivity index (χ3n) is 10.9. The lowest BCUT2D eigenvalue weighted by molar-refractivity contribution is -0.110. The van der Waals surface area contributed by atoms with Crippen LogP contribution in [-0.4, -0.2) is 37.8 Å². The Hall–Kier alpha value is -1.16. The molecule has 4 aliphatic rings. The van der Waals surface area contributed by atoms with Gasteiger partial charge in [0.2, 0.25) is 6.41 Å². The van der Waals surface area contributed by atoms with E-state index in [4.69, 9.17) is 4.99 Å². The first-order valence-corrected chi connectivity index (χ1v) is 15.4. The monoisotopic (exact) mass is 515 g/mol. The van der Waals surface area contributed by atoms with Gasteiger partial charge in [-0.3, -0.25) is 9.79 Å². The number of likely N-dealkylation sites (N-methyl/N-ethyl adjacent to an activating group) is 1. The standard InChI is InChI=1S/C26H46N2.C6H11NO.CH4/c1-7-15-25(5)20(8-2)10-11-21-23-13-12-22(19(4)28-18-17-27-9-3)26(23,6)16-14-24(21)25;8-5-7-6-3-1-2-4-6;/h8,21-24,27H,7,9-18H2,1-6H3;5-6H,1-4H2,(H,7,8);1H4/b20-8-,28-19?;;. The van der Waals surface area contributed by atoms with Crippen LogP contribution in [-0.2, 0) is 4.79 Å². The molecule has 0 aromatic heterocycles. The first-order chi connectivity index (χ1) is 17.4. The number of amides is 1. The van der Waals surface area contributed by atoms with Gasteiger partial charge >= 0.3 is 0 Å². The maximum absolute atomic E-state index is 9.85. The molecule has 4 nitrogen and oxygen atoms in total. The zero-order valence-corrected chi connectivity index (χ0v) is 24.5. The van der Waals surface area contributed by atoms with Gasteiger partial charge in [-0.15, -0.1) is 0 Å². The molecule has 0 spiro atoms. The molecule has 4 heteroatoms. The lowest BCUT2D eigenvalue weighted by atomic mass is 9.47. The Morgan fingerprint density at radius 2 is 1.78 bits per heavy atom. The first kappa shape index (κ1) is 32.1. The molecule has 6 atom stereocenters. The van der Waals surface area contributed by atoms with Crippen LogP contribution in [0.1, 0.15) is 126 Å². The highest BCUT2D eigenvalue weighted by molar-refractivity contribution is 5.85. The van der Waals surface area contributed by atoms with Crippen molar-refractivity contribution in [1.29, 1.82) is 0 Å². The molecule has 0 bridgehead atoms. The van der Waals surface area contributed by atoms with Crippen LogP contribution in [0.4, 0.5) is 0 Å². The van der Waals surface area contributed by atoms with Gasteiger partial charge in [-0.1, -0.05) is 66.0 Å². The van der Waals surface area contributed by atoms with Gasteiger partial charge in [0.1, 0.15) is 0 Å². The number of hydrogen-bond donors (Lipinski definition) is 2. The summed E-state index contributed by atoms with van der Waals surface area (Å²) in [6.45, 7) is 17.4. The van der Waals surface area contributed by atoms with E-state index in [9.17, 15) is 4.79 Å². The molecule has 4 rings (SSSR count). The van der Waals surface area contributed by atoms with Gasteiger partial charge in [0, 0.05) is 24.2 Å². The predicted octanol–water partition coefficient (Wildman–Crippen LogP) is 7.97. The van der Waals surface area contributed by atoms with Crippen LogP contribution >= 0.6 is 0 Å². The number of nitrogens with zero attached hydrogens (tertiary/aromatic N) is 1. The Kier molecular flexibility index (Phi) is 12.9. The van der Waals surface area contributed by atoms with Gasteiger partial charge in [-0.25, -0.2) is 0 Å². The maximum atomic E-state index is 9.85. The molecule has 0 aromatic carbocycles. The number of aliphatic imine (C=N–C) groups is 1. The van der Waals surface area contributed by atoms with Gasteiger partial charge in [0.25, 0.3) is 0 Å². The second-order valence-corrected chi connectivity index (χ2v) is 12.7. The molecule has 0 heterocycles. The summed E-state index contributed by atoms with van der Waals surface area (Å²) in [5.74, 6) is 3.50. The van der Waals surface area contributed by atoms with Crippen molar-refractivity contribution in [3.63, 3.8) is 0 Å². The number of allylic oxidation sites excluding steroid dienone is 2. The van der Waals surface area contributed by atoms with E-state index in [1.165, 1.54) is 82.8 Å². The summed E-state index contributed by atoms with van der Waals surface area (Å²) in [4.78, 5) is 14.9. The highest BCUT2D eigenvalue weighted by atomic mass is 16.1. The lowest BCUT2D eigenvalue weighted by Gasteiger charge is -2.57. The van der Waals surface area contributed by atoms with Crippen molar-refractivity contribution >= 4 is 12.1 Å². The predicted molar refractivity (Wildman–Crippen MR) is 161 cm³/mol. The third-order valence-corrected chi connectivity index (χ3v) is 10.9. The van der Waals surface area contributed by atoms with Crippen LogP contribution in [0.3, 0.4) is 0 Å². The number of fused-ring (bicyclic) bond motifs is 3. The summed E-state index contributed by atoms with van der Waals surface area (Å²) in [5, 5.41) is 6.18. The van der Waals surface area contributed by atoms with Crippen LogP contribution < -0.4 is 10.6 Å². The molecule has 1 amide bonds. The van der Waals surface area contributed by atoms with E-state index in [-0.39, 0.29) is 7.43 Å². The SMILES string of the molecule is C.C/C=C1/CCC2C(CCC3(C)C(C(C)=NCCNCC)CCC23)C1(C)CCC.O=CNC1CCCC1.